The molecule has 0 saturated carbocycles. The van der Waals surface area contributed by atoms with E-state index in [4.69, 9.17) is 63.0 Å². The highest BCUT2D eigenvalue weighted by Gasteiger charge is 2.26. The number of nitrogens with zero attached hydrogens (tertiary/aromatic N) is 6. The summed E-state index contributed by atoms with van der Waals surface area (Å²) in [7, 11) is 3.80. The Labute approximate surface area is 427 Å². The van der Waals surface area contributed by atoms with Crippen molar-refractivity contribution < 1.29 is 19.9 Å². The van der Waals surface area contributed by atoms with Gasteiger partial charge in [0.25, 0.3) is 11.1 Å². The van der Waals surface area contributed by atoms with Crippen LogP contribution in [-0.2, 0) is 27.2 Å². The molecule has 4 heterocycles. The number of hydrogen-bond acceptors (Lipinski definition) is 10. The number of aliphatic hydroxyl groups is 2. The zero-order chi connectivity index (χ0) is 50.8. The van der Waals surface area contributed by atoms with Gasteiger partial charge in [0.2, 0.25) is 0 Å². The van der Waals surface area contributed by atoms with Crippen molar-refractivity contribution in [2.24, 2.45) is 14.1 Å². The third-order valence-electron chi connectivity index (χ3n) is 11.3. The highest BCUT2D eigenvalue weighted by Crippen LogP contribution is 2.36. The molecule has 0 amide bonds. The first-order valence-electron chi connectivity index (χ1n) is 21.9. The van der Waals surface area contributed by atoms with E-state index in [0.717, 1.165) is 12.8 Å². The van der Waals surface area contributed by atoms with Crippen LogP contribution >= 0.6 is 58.0 Å². The van der Waals surface area contributed by atoms with E-state index < -0.39 is 34.7 Å². The largest absolute Gasteiger partial charge is 0.569 e. The van der Waals surface area contributed by atoms with Crippen molar-refractivity contribution >= 4 is 87.5 Å². The zero-order valence-corrected chi connectivity index (χ0v) is 42.1. The molecule has 14 nitrogen and oxygen atoms in total. The lowest BCUT2D eigenvalue weighted by atomic mass is 9.93. The molecule has 3 N–H and O–H groups in total. The molecule has 0 aliphatic carbocycles. The summed E-state index contributed by atoms with van der Waals surface area (Å²) < 4.78 is 9.81. The van der Waals surface area contributed by atoms with Crippen molar-refractivity contribution in [2.75, 3.05) is 0 Å². The molecule has 8 aromatic rings. The molecule has 1 radical (unpaired) electrons. The molecule has 4 aromatic carbocycles. The maximum absolute atomic E-state index is 13.6. The molecule has 4 aromatic heterocycles. The highest BCUT2D eigenvalue weighted by molar-refractivity contribution is 6.32. The maximum atomic E-state index is 13.6. The average molecular weight is 1050 g/mol. The predicted molar refractivity (Wildman–Crippen MR) is 279 cm³/mol. The van der Waals surface area contributed by atoms with Gasteiger partial charge in [0.15, 0.2) is 0 Å². The van der Waals surface area contributed by atoms with Crippen molar-refractivity contribution in [3.63, 3.8) is 0 Å². The lowest BCUT2D eigenvalue weighted by molar-refractivity contribution is 0.221. The van der Waals surface area contributed by atoms with Crippen molar-refractivity contribution in [3.05, 3.63) is 199 Å². The number of aryl methyl sites for hydroxylation is 2. The Morgan fingerprint density at radius 1 is 0.571 bits per heavy atom. The summed E-state index contributed by atoms with van der Waals surface area (Å²) in [5.74, 6) is 0.562. The fraction of sp³-hybridized carbons (Fsp3) is 0.240. The minimum atomic E-state index is -1.18. The number of rotatable bonds is 13. The molecule has 70 heavy (non-hydrogen) atoms. The van der Waals surface area contributed by atoms with Gasteiger partial charge in [0, 0.05) is 64.0 Å². The number of fused-ring (bicyclic) bond motifs is 2. The first kappa shape index (κ1) is 53.6. The van der Waals surface area contributed by atoms with Crippen LogP contribution in [0.2, 0.25) is 25.2 Å². The molecule has 0 saturated heterocycles. The van der Waals surface area contributed by atoms with Crippen molar-refractivity contribution in [1.29, 1.82) is 0 Å². The first-order valence-corrected chi connectivity index (χ1v) is 23.8. The summed E-state index contributed by atoms with van der Waals surface area (Å²) in [6.07, 6.45) is 3.57. The van der Waals surface area contributed by atoms with Crippen LogP contribution in [-0.4, -0.2) is 51.2 Å². The second-order valence-corrected chi connectivity index (χ2v) is 18.0. The molecule has 0 bridgehead atoms. The molecule has 0 spiro atoms. The van der Waals surface area contributed by atoms with Crippen LogP contribution in [0.15, 0.2) is 129 Å². The van der Waals surface area contributed by atoms with Crippen LogP contribution < -0.4 is 27.2 Å². The average Bonchev–Trinajstić information content (AvgIpc) is 3.36. The maximum Gasteiger partial charge on any atom is 0.569 e. The van der Waals surface area contributed by atoms with E-state index in [1.165, 1.54) is 30.7 Å². The number of unbranched alkanes of at least 4 members (excludes halogenated alkanes) is 2. The fourth-order valence-corrected chi connectivity index (χ4v) is 8.31. The van der Waals surface area contributed by atoms with Gasteiger partial charge in [-0.05, 0) is 84.6 Å². The number of aliphatic hydroxyl groups excluding tert-OH is 2. The Hall–Kier alpha value is -5.75. The second kappa shape index (κ2) is 24.4. The summed E-state index contributed by atoms with van der Waals surface area (Å²) >= 11 is 29.9. The normalized spacial score (nSPS) is 11.9. The van der Waals surface area contributed by atoms with E-state index in [9.17, 15) is 29.4 Å². The quantitative estimate of drug-likeness (QED) is 0.0743. The van der Waals surface area contributed by atoms with Crippen LogP contribution in [0, 0.1) is 0 Å². The number of pyridine rings is 2. The molecular formula is C50H47BCl5N6O8. The number of aromatic nitrogens is 6. The van der Waals surface area contributed by atoms with E-state index in [1.807, 2.05) is 13.8 Å². The van der Waals surface area contributed by atoms with Crippen LogP contribution in [0.5, 0.6) is 5.75 Å². The molecular weight excluding hydrogens is 1000 g/mol. The molecule has 8 rings (SSSR count). The van der Waals surface area contributed by atoms with Gasteiger partial charge in [-0.2, -0.15) is 0 Å². The third-order valence-corrected chi connectivity index (χ3v) is 12.6. The van der Waals surface area contributed by atoms with Gasteiger partial charge in [0.1, 0.15) is 23.1 Å². The van der Waals surface area contributed by atoms with Gasteiger partial charge in [-0.3, -0.25) is 32.8 Å². The van der Waals surface area contributed by atoms with Crippen LogP contribution in [0.4, 0.5) is 0 Å². The van der Waals surface area contributed by atoms with E-state index >= 15 is 0 Å². The smallest absolute Gasteiger partial charge is 0.537 e. The topological polar surface area (TPSA) is 184 Å². The van der Waals surface area contributed by atoms with Gasteiger partial charge in [-0.15, -0.1) is 0 Å². The Morgan fingerprint density at radius 3 is 1.39 bits per heavy atom. The zero-order valence-electron chi connectivity index (χ0n) is 38.3. The van der Waals surface area contributed by atoms with Crippen LogP contribution in [0.1, 0.15) is 74.0 Å². The molecule has 2 atom stereocenters. The van der Waals surface area contributed by atoms with E-state index in [0.29, 0.717) is 98.4 Å². The van der Waals surface area contributed by atoms with Gasteiger partial charge in [-0.25, -0.2) is 14.6 Å². The number of benzene rings is 4. The Balaban J connectivity index is 0.000000194. The van der Waals surface area contributed by atoms with Crippen LogP contribution in [0.3, 0.4) is 0 Å². The molecule has 20 heteroatoms. The third kappa shape index (κ3) is 12.0. The lowest BCUT2D eigenvalue weighted by Gasteiger charge is -2.20. The SMILES string of the molecule is CCCCn1c(=O)c2c(C(O)c3ccc(Cl)cc3)c(-c3ccc(Cl)cc3)ncc2n(C)c1=O.CCCCn1c(=O)c2c(C(O)c3ccc(Cl)cc3)c(Cl)ncc2n(C)c1=O.O[B]Oc1ccc(Cl)cc1. The first-order chi connectivity index (χ1) is 33.5. The monoisotopic (exact) mass is 1050 g/mol. The Kier molecular flexibility index (Phi) is 18.7. The van der Waals surface area contributed by atoms with Crippen molar-refractivity contribution in [1.82, 2.24) is 28.2 Å². The molecule has 0 aliphatic rings. The van der Waals surface area contributed by atoms with Crippen LogP contribution in [0.25, 0.3) is 33.1 Å². The van der Waals surface area contributed by atoms with Gasteiger partial charge in [0.05, 0.1) is 39.9 Å². The fourth-order valence-electron chi connectivity index (χ4n) is 7.56. The van der Waals surface area contributed by atoms with Gasteiger partial charge >= 0.3 is 19.1 Å². The Bertz CT molecular complexity index is 3350. The number of hydrogen-bond donors (Lipinski definition) is 3. The summed E-state index contributed by atoms with van der Waals surface area (Å²) in [6, 6.07) is 27.0. The molecule has 0 fully saturated rings. The van der Waals surface area contributed by atoms with Crippen molar-refractivity contribution in [2.45, 2.75) is 64.8 Å². The van der Waals surface area contributed by atoms with Gasteiger partial charge in [-0.1, -0.05) is 121 Å². The minimum Gasteiger partial charge on any atom is -0.537 e. The Morgan fingerprint density at radius 2 is 0.957 bits per heavy atom. The second-order valence-electron chi connectivity index (χ2n) is 15.9. The van der Waals surface area contributed by atoms with Crippen molar-refractivity contribution in [3.8, 4) is 17.0 Å². The van der Waals surface area contributed by atoms with E-state index in [-0.39, 0.29) is 21.5 Å². The standard InChI is InChI=1S/C25H23Cl2N3O3.C19H19Cl2N3O3.C6H5BClO2/c1-3-4-13-30-24(32)20-19(29(2)25(30)33)14-28-22(15-5-9-17(26)10-6-15)21(20)23(31)16-7-11-18(27)12-8-16;1-3-4-9-24-18(26)14-13(23(2)19(24)27)10-22-17(21)15(14)16(25)11-5-7-12(20)8-6-11;8-5-1-3-6(4-2-5)10-7-9/h5-12,14,23,31H,3-4,13H2,1-2H3;5-8,10,16,25H,3-4,9H2,1-2H3;1-4,9H. The molecule has 2 unspecified atom stereocenters. The summed E-state index contributed by atoms with van der Waals surface area (Å²) in [6.45, 7) is 4.57. The highest BCUT2D eigenvalue weighted by atomic mass is 35.5. The molecule has 0 aliphatic heterocycles. The summed E-state index contributed by atoms with van der Waals surface area (Å²) in [5.41, 5.74) is 1.66. The summed E-state index contributed by atoms with van der Waals surface area (Å²) in [5, 5.41) is 33.3. The lowest BCUT2D eigenvalue weighted by Crippen LogP contribution is -2.39. The number of halogens is 5. The van der Waals surface area contributed by atoms with E-state index in [2.05, 4.69) is 14.6 Å². The summed E-state index contributed by atoms with van der Waals surface area (Å²) in [4.78, 5) is 60.8. The minimum absolute atomic E-state index is 0.0164. The molecule has 363 valence electrons. The van der Waals surface area contributed by atoms with E-state index in [1.54, 1.807) is 111 Å². The van der Waals surface area contributed by atoms with Gasteiger partial charge < -0.3 is 19.9 Å². The predicted octanol–water partition coefficient (Wildman–Crippen LogP) is 9.48.